The van der Waals surface area contributed by atoms with E-state index in [1.807, 2.05) is 42.0 Å². The molecule has 0 saturated carbocycles. The predicted molar refractivity (Wildman–Crippen MR) is 90.4 cm³/mol. The zero-order valence-corrected chi connectivity index (χ0v) is 14.0. The first kappa shape index (κ1) is 15.4. The molecule has 0 spiro atoms. The van der Waals surface area contributed by atoms with Crippen molar-refractivity contribution in [2.45, 2.75) is 13.3 Å². The summed E-state index contributed by atoms with van der Waals surface area (Å²) in [7, 11) is 0. The number of imidazole rings is 1. The fourth-order valence-electron chi connectivity index (χ4n) is 2.14. The van der Waals surface area contributed by atoms with Crippen LogP contribution in [0.25, 0.3) is 5.82 Å². The van der Waals surface area contributed by atoms with E-state index >= 15 is 0 Å². The molecule has 1 amide bonds. The minimum Gasteiger partial charge on any atom is -0.310 e. The first-order chi connectivity index (χ1) is 11.1. The highest BCUT2D eigenvalue weighted by Gasteiger charge is 2.08. The highest BCUT2D eigenvalue weighted by atomic mass is 79.9. The van der Waals surface area contributed by atoms with Gasteiger partial charge >= 0.3 is 0 Å². The number of aromatic nitrogens is 4. The zero-order chi connectivity index (χ0) is 16.2. The second kappa shape index (κ2) is 6.70. The Hall–Kier alpha value is -2.54. The third-order valence-corrected chi connectivity index (χ3v) is 3.80. The van der Waals surface area contributed by atoms with Crippen LogP contribution in [0.3, 0.4) is 0 Å². The van der Waals surface area contributed by atoms with Crippen molar-refractivity contribution < 1.29 is 4.79 Å². The Kier molecular flexibility index (Phi) is 4.47. The Balaban J connectivity index is 1.71. The number of carbonyl (C=O) groups excluding carboxylic acids is 1. The fourth-order valence-corrected chi connectivity index (χ4v) is 2.41. The topological polar surface area (TPSA) is 72.7 Å². The third kappa shape index (κ3) is 3.81. The Morgan fingerprint density at radius 1 is 1.22 bits per heavy atom. The molecule has 2 heterocycles. The van der Waals surface area contributed by atoms with E-state index in [0.717, 1.165) is 15.9 Å². The van der Waals surface area contributed by atoms with E-state index in [2.05, 4.69) is 36.2 Å². The SMILES string of the molecule is Cc1nccn1-c1cc(NC(=O)Cc2ccc(Br)cc2)ncn1. The molecule has 0 radical (unpaired) electrons. The Morgan fingerprint density at radius 2 is 2.00 bits per heavy atom. The highest BCUT2D eigenvalue weighted by molar-refractivity contribution is 9.10. The molecular formula is C16H14BrN5O. The largest absolute Gasteiger partial charge is 0.310 e. The molecule has 7 heteroatoms. The summed E-state index contributed by atoms with van der Waals surface area (Å²) in [6.45, 7) is 1.88. The van der Waals surface area contributed by atoms with Crippen molar-refractivity contribution in [2.75, 3.05) is 5.32 Å². The lowest BCUT2D eigenvalue weighted by Gasteiger charge is -2.07. The van der Waals surface area contributed by atoms with Crippen LogP contribution in [-0.4, -0.2) is 25.4 Å². The summed E-state index contributed by atoms with van der Waals surface area (Å²) in [6, 6.07) is 9.35. The lowest BCUT2D eigenvalue weighted by molar-refractivity contribution is -0.115. The molecule has 0 aliphatic carbocycles. The second-order valence-corrected chi connectivity index (χ2v) is 5.87. The number of nitrogens with one attached hydrogen (secondary N) is 1. The number of rotatable bonds is 4. The van der Waals surface area contributed by atoms with Crippen LogP contribution in [0.5, 0.6) is 0 Å². The molecular weight excluding hydrogens is 358 g/mol. The van der Waals surface area contributed by atoms with Gasteiger partial charge in [0.05, 0.1) is 6.42 Å². The summed E-state index contributed by atoms with van der Waals surface area (Å²) in [6.07, 6.45) is 5.22. The Morgan fingerprint density at radius 3 is 2.70 bits per heavy atom. The molecule has 0 atom stereocenters. The van der Waals surface area contributed by atoms with E-state index in [1.54, 1.807) is 12.3 Å². The molecule has 0 aliphatic heterocycles. The van der Waals surface area contributed by atoms with Gasteiger partial charge in [-0.05, 0) is 24.6 Å². The summed E-state index contributed by atoms with van der Waals surface area (Å²) >= 11 is 3.37. The number of amides is 1. The van der Waals surface area contributed by atoms with Gasteiger partial charge in [0.15, 0.2) is 0 Å². The maximum atomic E-state index is 12.1. The monoisotopic (exact) mass is 371 g/mol. The maximum absolute atomic E-state index is 12.1. The van der Waals surface area contributed by atoms with E-state index in [4.69, 9.17) is 0 Å². The van der Waals surface area contributed by atoms with Gasteiger partial charge in [-0.3, -0.25) is 9.36 Å². The molecule has 2 aromatic heterocycles. The molecule has 0 aliphatic rings. The molecule has 3 rings (SSSR count). The fraction of sp³-hybridized carbons (Fsp3) is 0.125. The normalized spacial score (nSPS) is 10.5. The smallest absolute Gasteiger partial charge is 0.229 e. The minimum absolute atomic E-state index is 0.126. The quantitative estimate of drug-likeness (QED) is 0.765. The summed E-state index contributed by atoms with van der Waals surface area (Å²) in [5, 5.41) is 2.79. The van der Waals surface area contributed by atoms with E-state index < -0.39 is 0 Å². The molecule has 1 aromatic carbocycles. The van der Waals surface area contributed by atoms with Crippen LogP contribution in [0, 0.1) is 6.92 Å². The van der Waals surface area contributed by atoms with Crippen LogP contribution in [0.15, 0.2) is 53.5 Å². The lowest BCUT2D eigenvalue weighted by atomic mass is 10.1. The average molecular weight is 372 g/mol. The van der Waals surface area contributed by atoms with E-state index in [-0.39, 0.29) is 12.3 Å². The molecule has 0 saturated heterocycles. The standard InChI is InChI=1S/C16H14BrN5O/c1-11-18-6-7-22(11)15-9-14(19-10-20-15)21-16(23)8-12-2-4-13(17)5-3-12/h2-7,9-10H,8H2,1H3,(H,19,20,21,23). The first-order valence-electron chi connectivity index (χ1n) is 6.98. The number of halogens is 1. The van der Waals surface area contributed by atoms with Crippen LogP contribution in [-0.2, 0) is 11.2 Å². The second-order valence-electron chi connectivity index (χ2n) is 4.96. The van der Waals surface area contributed by atoms with Crippen molar-refractivity contribution in [3.05, 3.63) is 64.9 Å². The van der Waals surface area contributed by atoms with E-state index in [1.165, 1.54) is 6.33 Å². The summed E-state index contributed by atoms with van der Waals surface area (Å²) < 4.78 is 2.81. The highest BCUT2D eigenvalue weighted by Crippen LogP contribution is 2.13. The molecule has 0 bridgehead atoms. The van der Waals surface area contributed by atoms with Gasteiger partial charge in [-0.2, -0.15) is 0 Å². The number of anilines is 1. The summed E-state index contributed by atoms with van der Waals surface area (Å²) in [5.41, 5.74) is 0.936. The minimum atomic E-state index is -0.126. The van der Waals surface area contributed by atoms with Crippen LogP contribution in [0.4, 0.5) is 5.82 Å². The Labute approximate surface area is 141 Å². The van der Waals surface area contributed by atoms with Crippen molar-refractivity contribution in [2.24, 2.45) is 0 Å². The Bertz CT molecular complexity index is 828. The van der Waals surface area contributed by atoms with E-state index in [9.17, 15) is 4.79 Å². The van der Waals surface area contributed by atoms with Gasteiger partial charge in [0, 0.05) is 22.9 Å². The molecule has 1 N–H and O–H groups in total. The molecule has 116 valence electrons. The van der Waals surface area contributed by atoms with Crippen molar-refractivity contribution in [1.29, 1.82) is 0 Å². The molecule has 23 heavy (non-hydrogen) atoms. The number of nitrogens with zero attached hydrogens (tertiary/aromatic N) is 4. The van der Waals surface area contributed by atoms with Crippen LogP contribution in [0.2, 0.25) is 0 Å². The molecule has 0 fully saturated rings. The number of carbonyl (C=O) groups is 1. The van der Waals surface area contributed by atoms with E-state index in [0.29, 0.717) is 11.6 Å². The average Bonchev–Trinajstić information content (AvgIpc) is 2.96. The summed E-state index contributed by atoms with van der Waals surface area (Å²) in [5.74, 6) is 1.81. The van der Waals surface area contributed by atoms with Crippen molar-refractivity contribution in [3.63, 3.8) is 0 Å². The predicted octanol–water partition coefficient (Wildman–Crippen LogP) is 2.91. The van der Waals surface area contributed by atoms with Crippen LogP contribution >= 0.6 is 15.9 Å². The van der Waals surface area contributed by atoms with Gasteiger partial charge in [-0.15, -0.1) is 0 Å². The van der Waals surface area contributed by atoms with Gasteiger partial charge in [-0.25, -0.2) is 15.0 Å². The maximum Gasteiger partial charge on any atom is 0.229 e. The van der Waals surface area contributed by atoms with Gasteiger partial charge < -0.3 is 5.32 Å². The van der Waals surface area contributed by atoms with Crippen molar-refractivity contribution >= 4 is 27.7 Å². The lowest BCUT2D eigenvalue weighted by Crippen LogP contribution is -2.15. The number of hydrogen-bond donors (Lipinski definition) is 1. The van der Waals surface area contributed by atoms with Gasteiger partial charge in [0.25, 0.3) is 0 Å². The number of aryl methyl sites for hydroxylation is 1. The molecule has 0 unspecified atom stereocenters. The van der Waals surface area contributed by atoms with Crippen LogP contribution in [0.1, 0.15) is 11.4 Å². The molecule has 6 nitrogen and oxygen atoms in total. The third-order valence-electron chi connectivity index (χ3n) is 3.27. The van der Waals surface area contributed by atoms with Crippen molar-refractivity contribution in [3.8, 4) is 5.82 Å². The zero-order valence-electron chi connectivity index (χ0n) is 12.4. The van der Waals surface area contributed by atoms with Crippen molar-refractivity contribution in [1.82, 2.24) is 19.5 Å². The van der Waals surface area contributed by atoms with Gasteiger partial charge in [0.2, 0.25) is 5.91 Å². The van der Waals surface area contributed by atoms with Crippen LogP contribution < -0.4 is 5.32 Å². The first-order valence-corrected chi connectivity index (χ1v) is 7.78. The van der Waals surface area contributed by atoms with Gasteiger partial charge in [0.1, 0.15) is 23.8 Å². The van der Waals surface area contributed by atoms with Gasteiger partial charge in [-0.1, -0.05) is 28.1 Å². The summed E-state index contributed by atoms with van der Waals surface area (Å²) in [4.78, 5) is 24.6. The number of benzene rings is 1. The number of hydrogen-bond acceptors (Lipinski definition) is 4. The molecule has 3 aromatic rings.